The fraction of sp³-hybridized carbons (Fsp3) is 0.688. The van der Waals surface area contributed by atoms with Gasteiger partial charge >= 0.3 is 6.03 Å². The molecule has 0 aromatic carbocycles. The van der Waals surface area contributed by atoms with E-state index in [4.69, 9.17) is 11.6 Å². The first kappa shape index (κ1) is 17.8. The first-order valence-corrected chi connectivity index (χ1v) is 8.43. The van der Waals surface area contributed by atoms with Crippen LogP contribution >= 0.6 is 11.6 Å². The molecule has 1 saturated heterocycles. The summed E-state index contributed by atoms with van der Waals surface area (Å²) in [7, 11) is 0. The van der Waals surface area contributed by atoms with Crippen LogP contribution in [0, 0.1) is 5.92 Å². The van der Waals surface area contributed by atoms with Crippen molar-refractivity contribution in [3.8, 4) is 0 Å². The summed E-state index contributed by atoms with van der Waals surface area (Å²) < 4.78 is 0. The van der Waals surface area contributed by atoms with E-state index in [1.807, 2.05) is 20.8 Å². The highest BCUT2D eigenvalue weighted by molar-refractivity contribution is 6.30. The summed E-state index contributed by atoms with van der Waals surface area (Å²) in [6.45, 7) is 9.73. The number of carbonyl (C=O) groups is 1. The van der Waals surface area contributed by atoms with Crippen molar-refractivity contribution in [2.75, 3.05) is 18.0 Å². The summed E-state index contributed by atoms with van der Waals surface area (Å²) in [5, 5.41) is 6.52. The van der Waals surface area contributed by atoms with Gasteiger partial charge in [0, 0.05) is 24.7 Å². The molecule has 0 radical (unpaired) electrons. The highest BCUT2D eigenvalue weighted by Crippen LogP contribution is 2.23. The van der Waals surface area contributed by atoms with Crippen molar-refractivity contribution >= 4 is 23.6 Å². The summed E-state index contributed by atoms with van der Waals surface area (Å²) >= 11 is 5.84. The number of nitrogens with zero attached hydrogens (tertiary/aromatic N) is 3. The molecule has 0 aliphatic carbocycles. The van der Waals surface area contributed by atoms with Crippen LogP contribution in [0.4, 0.5) is 10.7 Å². The first-order chi connectivity index (χ1) is 10.7. The van der Waals surface area contributed by atoms with Gasteiger partial charge < -0.3 is 15.5 Å². The van der Waals surface area contributed by atoms with Gasteiger partial charge in [-0.3, -0.25) is 0 Å². The number of anilines is 1. The quantitative estimate of drug-likeness (QED) is 0.888. The number of hydrogen-bond donors (Lipinski definition) is 2. The molecule has 1 aromatic rings. The van der Waals surface area contributed by atoms with E-state index in [-0.39, 0.29) is 17.6 Å². The Labute approximate surface area is 143 Å². The molecular weight excluding hydrogens is 314 g/mol. The molecule has 1 fully saturated rings. The molecule has 6 nitrogen and oxygen atoms in total. The summed E-state index contributed by atoms with van der Waals surface area (Å²) in [4.78, 5) is 22.8. The molecule has 7 heteroatoms. The molecule has 2 N–H and O–H groups in total. The third kappa shape index (κ3) is 5.53. The third-order valence-corrected chi connectivity index (χ3v) is 4.10. The van der Waals surface area contributed by atoms with Crippen LogP contribution in [0.25, 0.3) is 0 Å². The van der Waals surface area contributed by atoms with Gasteiger partial charge in [-0.2, -0.15) is 0 Å². The van der Waals surface area contributed by atoms with E-state index in [0.717, 1.165) is 25.9 Å². The Kier molecular flexibility index (Phi) is 5.68. The summed E-state index contributed by atoms with van der Waals surface area (Å²) in [5.74, 6) is 1.07. The lowest BCUT2D eigenvalue weighted by molar-refractivity contribution is 0.221. The topological polar surface area (TPSA) is 70.2 Å². The second kappa shape index (κ2) is 7.34. The maximum Gasteiger partial charge on any atom is 0.315 e. The van der Waals surface area contributed by atoms with Gasteiger partial charge in [-0.05, 0) is 46.5 Å². The van der Waals surface area contributed by atoms with E-state index in [1.54, 1.807) is 12.4 Å². The Balaban J connectivity index is 1.92. The van der Waals surface area contributed by atoms with Crippen molar-refractivity contribution in [1.29, 1.82) is 0 Å². The van der Waals surface area contributed by atoms with E-state index in [0.29, 0.717) is 16.9 Å². The molecule has 2 rings (SSSR count). The number of amides is 2. The number of rotatable bonds is 3. The number of halogens is 1. The Hall–Kier alpha value is -1.56. The van der Waals surface area contributed by atoms with Gasteiger partial charge in [-0.25, -0.2) is 14.8 Å². The zero-order valence-corrected chi connectivity index (χ0v) is 15.0. The second-order valence-electron chi connectivity index (χ2n) is 7.19. The SMILES string of the molecule is C[C@H](NC(=O)NC(C)(C)C)[C@@H]1CCCN(c2ncc(Cl)cn2)C1. The van der Waals surface area contributed by atoms with E-state index in [9.17, 15) is 4.79 Å². The lowest BCUT2D eigenvalue weighted by atomic mass is 9.92. The lowest BCUT2D eigenvalue weighted by Crippen LogP contribution is -2.52. The van der Waals surface area contributed by atoms with Crippen LogP contribution in [0.15, 0.2) is 12.4 Å². The van der Waals surface area contributed by atoms with Gasteiger partial charge in [-0.15, -0.1) is 0 Å². The molecule has 0 unspecified atom stereocenters. The van der Waals surface area contributed by atoms with E-state index in [1.165, 1.54) is 0 Å². The minimum atomic E-state index is -0.237. The normalized spacial score (nSPS) is 20.0. The van der Waals surface area contributed by atoms with Crippen molar-refractivity contribution in [1.82, 2.24) is 20.6 Å². The number of nitrogens with one attached hydrogen (secondary N) is 2. The maximum absolute atomic E-state index is 12.0. The molecule has 0 spiro atoms. The van der Waals surface area contributed by atoms with Crippen molar-refractivity contribution in [3.05, 3.63) is 17.4 Å². The van der Waals surface area contributed by atoms with E-state index in [2.05, 4.69) is 32.4 Å². The monoisotopic (exact) mass is 339 g/mol. The predicted octanol–water partition coefficient (Wildman–Crippen LogP) is 2.83. The molecule has 1 aliphatic rings. The largest absolute Gasteiger partial charge is 0.340 e. The molecule has 0 saturated carbocycles. The second-order valence-corrected chi connectivity index (χ2v) is 7.62. The predicted molar refractivity (Wildman–Crippen MR) is 92.9 cm³/mol. The summed E-state index contributed by atoms with van der Waals surface area (Å²) in [5.41, 5.74) is -0.237. The van der Waals surface area contributed by atoms with Gasteiger partial charge in [0.05, 0.1) is 17.4 Å². The van der Waals surface area contributed by atoms with Crippen LogP contribution in [0.3, 0.4) is 0 Å². The van der Waals surface area contributed by atoms with Crippen molar-refractivity contribution in [2.45, 2.75) is 52.1 Å². The lowest BCUT2D eigenvalue weighted by Gasteiger charge is -2.36. The van der Waals surface area contributed by atoms with Gasteiger partial charge in [0.1, 0.15) is 0 Å². The van der Waals surface area contributed by atoms with Crippen LogP contribution in [0.1, 0.15) is 40.5 Å². The molecule has 1 aromatic heterocycles. The van der Waals surface area contributed by atoms with Crippen molar-refractivity contribution < 1.29 is 4.79 Å². The van der Waals surface area contributed by atoms with Crippen LogP contribution < -0.4 is 15.5 Å². The molecule has 1 aliphatic heterocycles. The molecule has 2 atom stereocenters. The summed E-state index contributed by atoms with van der Waals surface area (Å²) in [6, 6.07) is -0.0303. The van der Waals surface area contributed by atoms with E-state index < -0.39 is 0 Å². The van der Waals surface area contributed by atoms with Gasteiger partial charge in [0.2, 0.25) is 5.95 Å². The number of carbonyl (C=O) groups excluding carboxylic acids is 1. The van der Waals surface area contributed by atoms with Crippen molar-refractivity contribution in [3.63, 3.8) is 0 Å². The first-order valence-electron chi connectivity index (χ1n) is 8.06. The molecule has 0 bridgehead atoms. The van der Waals surface area contributed by atoms with Crippen LogP contribution in [0.5, 0.6) is 0 Å². The maximum atomic E-state index is 12.0. The fourth-order valence-corrected chi connectivity index (χ4v) is 2.87. The van der Waals surface area contributed by atoms with Crippen LogP contribution in [0.2, 0.25) is 5.02 Å². The average molecular weight is 340 g/mol. The van der Waals surface area contributed by atoms with Gasteiger partial charge in [0.15, 0.2) is 0 Å². The number of piperidine rings is 1. The highest BCUT2D eigenvalue weighted by Gasteiger charge is 2.27. The summed E-state index contributed by atoms with van der Waals surface area (Å²) in [6.07, 6.45) is 5.38. The average Bonchev–Trinajstić information content (AvgIpc) is 2.46. The number of aromatic nitrogens is 2. The molecule has 2 heterocycles. The number of hydrogen-bond acceptors (Lipinski definition) is 4. The molecule has 128 valence electrons. The van der Waals surface area contributed by atoms with E-state index >= 15 is 0 Å². The van der Waals surface area contributed by atoms with Gasteiger partial charge in [-0.1, -0.05) is 11.6 Å². The Bertz CT molecular complexity index is 528. The zero-order chi connectivity index (χ0) is 17.0. The Morgan fingerprint density at radius 1 is 1.39 bits per heavy atom. The Morgan fingerprint density at radius 3 is 2.65 bits per heavy atom. The number of urea groups is 1. The van der Waals surface area contributed by atoms with Crippen molar-refractivity contribution in [2.24, 2.45) is 5.92 Å². The minimum Gasteiger partial charge on any atom is -0.340 e. The van der Waals surface area contributed by atoms with Crippen LogP contribution in [-0.2, 0) is 0 Å². The zero-order valence-electron chi connectivity index (χ0n) is 14.3. The van der Waals surface area contributed by atoms with Crippen LogP contribution in [-0.4, -0.2) is 40.7 Å². The molecule has 2 amide bonds. The van der Waals surface area contributed by atoms with Gasteiger partial charge in [0.25, 0.3) is 0 Å². The third-order valence-electron chi connectivity index (χ3n) is 3.90. The smallest absolute Gasteiger partial charge is 0.315 e. The standard InChI is InChI=1S/C16H26ClN5O/c1-11(20-15(23)21-16(2,3)4)12-6-5-7-22(10-12)14-18-8-13(17)9-19-14/h8-9,11-12H,5-7,10H2,1-4H3,(H2,20,21,23)/t11-,12+/m0/s1. The fourth-order valence-electron chi connectivity index (χ4n) is 2.77. The Morgan fingerprint density at radius 2 is 2.04 bits per heavy atom. The minimum absolute atomic E-state index is 0.0902. The highest BCUT2D eigenvalue weighted by atomic mass is 35.5. The molecule has 23 heavy (non-hydrogen) atoms. The molecular formula is C16H26ClN5O.